The molecule has 1 fully saturated rings. The lowest BCUT2D eigenvalue weighted by atomic mass is 9.96. The van der Waals surface area contributed by atoms with E-state index in [-0.39, 0.29) is 18.6 Å². The fraction of sp³-hybridized carbons (Fsp3) is 0.286. The summed E-state index contributed by atoms with van der Waals surface area (Å²) in [6.07, 6.45) is 1.96. The molecule has 4 rings (SSSR count). The van der Waals surface area contributed by atoms with Crippen LogP contribution in [0.1, 0.15) is 34.7 Å². The Balaban J connectivity index is 1.62. The van der Waals surface area contributed by atoms with Gasteiger partial charge in [0.2, 0.25) is 11.8 Å². The van der Waals surface area contributed by atoms with Gasteiger partial charge in [0.25, 0.3) is 5.91 Å². The van der Waals surface area contributed by atoms with Gasteiger partial charge in [-0.15, -0.1) is 10.2 Å². The number of methoxy groups -OCH3 is 1. The predicted octanol–water partition coefficient (Wildman–Crippen LogP) is 3.89. The number of nitrogens with zero attached hydrogens (tertiary/aromatic N) is 2. The first-order valence-corrected chi connectivity index (χ1v) is 9.08. The van der Waals surface area contributed by atoms with Crippen LogP contribution in [-0.2, 0) is 11.3 Å². The quantitative estimate of drug-likeness (QED) is 0.701. The number of aromatic nitrogens is 2. The Morgan fingerprint density at radius 3 is 2.61 bits per heavy atom. The van der Waals surface area contributed by atoms with Gasteiger partial charge in [-0.1, -0.05) is 12.1 Å². The van der Waals surface area contributed by atoms with Crippen LogP contribution in [0.4, 0.5) is 4.39 Å². The molecular formula is C21H20FN3O3. The van der Waals surface area contributed by atoms with Crippen molar-refractivity contribution in [3.63, 3.8) is 0 Å². The van der Waals surface area contributed by atoms with Crippen molar-refractivity contribution in [1.29, 1.82) is 0 Å². The third-order valence-electron chi connectivity index (χ3n) is 4.70. The highest BCUT2D eigenvalue weighted by atomic mass is 19.1. The van der Waals surface area contributed by atoms with Gasteiger partial charge < -0.3 is 14.5 Å². The highest BCUT2D eigenvalue weighted by molar-refractivity contribution is 5.96. The maximum absolute atomic E-state index is 14.4. The summed E-state index contributed by atoms with van der Waals surface area (Å²) in [7, 11) is 1.55. The van der Waals surface area contributed by atoms with Gasteiger partial charge in [-0.3, -0.25) is 4.79 Å². The molecule has 0 aliphatic heterocycles. The number of nitrogens with one attached hydrogen (secondary N) is 1. The van der Waals surface area contributed by atoms with Crippen molar-refractivity contribution in [2.45, 2.75) is 32.4 Å². The molecule has 0 saturated heterocycles. The number of rotatable bonds is 6. The van der Waals surface area contributed by atoms with Gasteiger partial charge in [-0.05, 0) is 60.7 Å². The molecule has 1 aliphatic rings. The summed E-state index contributed by atoms with van der Waals surface area (Å²) in [5.74, 6) is 0.146. The molecule has 2 aromatic carbocycles. The normalized spacial score (nSPS) is 13.5. The average molecular weight is 381 g/mol. The summed E-state index contributed by atoms with van der Waals surface area (Å²) in [5.41, 5.74) is 3.06. The number of amides is 1. The van der Waals surface area contributed by atoms with Crippen molar-refractivity contribution < 1.29 is 18.3 Å². The highest BCUT2D eigenvalue weighted by Gasteiger charge is 2.24. The Bertz CT molecular complexity index is 1010. The fourth-order valence-corrected chi connectivity index (χ4v) is 2.95. The smallest absolute Gasteiger partial charge is 0.251 e. The fourth-order valence-electron chi connectivity index (χ4n) is 2.95. The van der Waals surface area contributed by atoms with Crippen molar-refractivity contribution in [2.24, 2.45) is 0 Å². The van der Waals surface area contributed by atoms with Gasteiger partial charge in [0, 0.05) is 24.3 Å². The van der Waals surface area contributed by atoms with Crippen LogP contribution in [0.3, 0.4) is 0 Å². The van der Waals surface area contributed by atoms with Crippen molar-refractivity contribution in [1.82, 2.24) is 15.5 Å². The van der Waals surface area contributed by atoms with E-state index >= 15 is 0 Å². The standard InChI is InChI=1S/C21H20FN3O3/c1-12-17(9-15(10-18(12)22)20(26)23-16-7-8-16)13-3-5-14(6-4-13)21-25-24-19(28-21)11-27-2/h3-6,9-10,16H,7-8,11H2,1-2H3,(H,23,26). The second kappa shape index (κ2) is 7.52. The van der Waals surface area contributed by atoms with E-state index in [1.165, 1.54) is 6.07 Å². The number of carbonyl (C=O) groups excluding carboxylic acids is 1. The average Bonchev–Trinajstić information content (AvgIpc) is 3.39. The Morgan fingerprint density at radius 2 is 1.93 bits per heavy atom. The number of halogens is 1. The van der Waals surface area contributed by atoms with Gasteiger partial charge in [-0.2, -0.15) is 0 Å². The first-order chi connectivity index (χ1) is 13.5. The van der Waals surface area contributed by atoms with Crippen molar-refractivity contribution in [3.8, 4) is 22.6 Å². The molecule has 1 aromatic heterocycles. The van der Waals surface area contributed by atoms with Crippen LogP contribution in [0.25, 0.3) is 22.6 Å². The maximum atomic E-state index is 14.4. The van der Waals surface area contributed by atoms with Gasteiger partial charge in [0.1, 0.15) is 12.4 Å². The molecule has 0 spiro atoms. The van der Waals surface area contributed by atoms with Gasteiger partial charge in [0.15, 0.2) is 0 Å². The zero-order valence-electron chi connectivity index (χ0n) is 15.7. The van der Waals surface area contributed by atoms with E-state index < -0.39 is 5.82 Å². The Kier molecular flexibility index (Phi) is 4.92. The minimum atomic E-state index is -0.399. The molecule has 144 valence electrons. The molecule has 28 heavy (non-hydrogen) atoms. The molecule has 0 atom stereocenters. The summed E-state index contributed by atoms with van der Waals surface area (Å²) < 4.78 is 24.9. The Labute approximate surface area is 161 Å². The zero-order valence-corrected chi connectivity index (χ0v) is 15.7. The van der Waals surface area contributed by atoms with Crippen LogP contribution in [0.15, 0.2) is 40.8 Å². The van der Waals surface area contributed by atoms with Crippen LogP contribution < -0.4 is 5.32 Å². The van der Waals surface area contributed by atoms with E-state index in [4.69, 9.17) is 9.15 Å². The molecule has 3 aromatic rings. The van der Waals surface area contributed by atoms with Crippen molar-refractivity contribution in [2.75, 3.05) is 7.11 Å². The van der Waals surface area contributed by atoms with Crippen LogP contribution in [-0.4, -0.2) is 29.3 Å². The van der Waals surface area contributed by atoms with Crippen molar-refractivity contribution >= 4 is 5.91 Å². The van der Waals surface area contributed by atoms with E-state index in [2.05, 4.69) is 15.5 Å². The summed E-state index contributed by atoms with van der Waals surface area (Å²) in [6, 6.07) is 10.6. The van der Waals surface area contributed by atoms with Crippen LogP contribution in [0, 0.1) is 12.7 Å². The summed E-state index contributed by atoms with van der Waals surface area (Å²) >= 11 is 0. The molecule has 0 unspecified atom stereocenters. The minimum Gasteiger partial charge on any atom is -0.418 e. The van der Waals surface area contributed by atoms with Crippen LogP contribution in [0.2, 0.25) is 0 Å². The third kappa shape index (κ3) is 3.80. The van der Waals surface area contributed by atoms with Crippen LogP contribution >= 0.6 is 0 Å². The topological polar surface area (TPSA) is 77.2 Å². The highest BCUT2D eigenvalue weighted by Crippen LogP contribution is 2.29. The Hall–Kier alpha value is -3.06. The number of carbonyl (C=O) groups is 1. The maximum Gasteiger partial charge on any atom is 0.251 e. The minimum absolute atomic E-state index is 0.219. The lowest BCUT2D eigenvalue weighted by Gasteiger charge is -2.11. The molecule has 0 bridgehead atoms. The first kappa shape index (κ1) is 18.3. The Morgan fingerprint density at radius 1 is 1.21 bits per heavy atom. The predicted molar refractivity (Wildman–Crippen MR) is 101 cm³/mol. The number of benzene rings is 2. The number of hydrogen-bond donors (Lipinski definition) is 1. The van der Waals surface area contributed by atoms with E-state index in [9.17, 15) is 9.18 Å². The molecule has 0 radical (unpaired) electrons. The van der Waals surface area contributed by atoms with E-state index in [0.29, 0.717) is 28.5 Å². The SMILES string of the molecule is COCc1nnc(-c2ccc(-c3cc(C(=O)NC4CC4)cc(F)c3C)cc2)o1. The van der Waals surface area contributed by atoms with E-state index in [0.717, 1.165) is 24.0 Å². The molecule has 1 saturated carbocycles. The first-order valence-electron chi connectivity index (χ1n) is 9.08. The zero-order chi connectivity index (χ0) is 19.7. The monoisotopic (exact) mass is 381 g/mol. The van der Waals surface area contributed by atoms with E-state index in [1.807, 2.05) is 24.3 Å². The second-order valence-electron chi connectivity index (χ2n) is 6.89. The molecule has 1 aliphatic carbocycles. The number of ether oxygens (including phenoxy) is 1. The largest absolute Gasteiger partial charge is 0.418 e. The second-order valence-corrected chi connectivity index (χ2v) is 6.89. The molecule has 6 nitrogen and oxygen atoms in total. The molecule has 1 heterocycles. The molecular weight excluding hydrogens is 361 g/mol. The summed E-state index contributed by atoms with van der Waals surface area (Å²) in [5, 5.41) is 10.8. The summed E-state index contributed by atoms with van der Waals surface area (Å²) in [4.78, 5) is 12.3. The van der Waals surface area contributed by atoms with Gasteiger partial charge in [-0.25, -0.2) is 4.39 Å². The number of hydrogen-bond acceptors (Lipinski definition) is 5. The van der Waals surface area contributed by atoms with Gasteiger partial charge in [0.05, 0.1) is 0 Å². The lowest BCUT2D eigenvalue weighted by molar-refractivity contribution is 0.0950. The molecule has 7 heteroatoms. The molecule has 1 N–H and O–H groups in total. The lowest BCUT2D eigenvalue weighted by Crippen LogP contribution is -2.25. The summed E-state index contributed by atoms with van der Waals surface area (Å²) in [6.45, 7) is 1.95. The van der Waals surface area contributed by atoms with Crippen molar-refractivity contribution in [3.05, 3.63) is 59.2 Å². The molecule has 1 amide bonds. The third-order valence-corrected chi connectivity index (χ3v) is 4.70. The van der Waals surface area contributed by atoms with Crippen LogP contribution in [0.5, 0.6) is 0 Å². The van der Waals surface area contributed by atoms with E-state index in [1.54, 1.807) is 20.1 Å². The van der Waals surface area contributed by atoms with Gasteiger partial charge >= 0.3 is 0 Å².